The molecule has 6 nitrogen and oxygen atoms in total. The second kappa shape index (κ2) is 7.58. The summed E-state index contributed by atoms with van der Waals surface area (Å²) >= 11 is 0. The summed E-state index contributed by atoms with van der Waals surface area (Å²) in [6, 6.07) is 11.0. The lowest BCUT2D eigenvalue weighted by Gasteiger charge is -2.37. The molecular weight excluding hydrogens is 366 g/mol. The maximum absolute atomic E-state index is 12.7. The predicted octanol–water partition coefficient (Wildman–Crippen LogP) is 2.87. The molecule has 144 valence electrons. The zero-order valence-corrected chi connectivity index (χ0v) is 16.1. The SMILES string of the molecule is Cc1ccc([S@](=O)Cc2ccc(C(=O)N3CCC4(CC3)OCCO4)o2)cc1. The van der Waals surface area contributed by atoms with E-state index < -0.39 is 16.6 Å². The second-order valence-corrected chi connectivity index (χ2v) is 8.42. The molecule has 2 aliphatic rings. The van der Waals surface area contributed by atoms with Gasteiger partial charge in [-0.25, -0.2) is 0 Å². The van der Waals surface area contributed by atoms with Crippen molar-refractivity contribution < 1.29 is 22.9 Å². The summed E-state index contributed by atoms with van der Waals surface area (Å²) in [5, 5.41) is 0. The molecule has 0 aliphatic carbocycles. The van der Waals surface area contributed by atoms with E-state index in [2.05, 4.69) is 0 Å². The van der Waals surface area contributed by atoms with Crippen LogP contribution in [0.1, 0.15) is 34.7 Å². The third kappa shape index (κ3) is 4.00. The van der Waals surface area contributed by atoms with Crippen molar-refractivity contribution in [3.05, 3.63) is 53.5 Å². The van der Waals surface area contributed by atoms with Gasteiger partial charge in [-0.3, -0.25) is 9.00 Å². The minimum absolute atomic E-state index is 0.143. The Kier molecular flexibility index (Phi) is 5.16. The summed E-state index contributed by atoms with van der Waals surface area (Å²) in [7, 11) is -1.20. The molecule has 1 aromatic heterocycles. The zero-order chi connectivity index (χ0) is 18.9. The Hall–Kier alpha value is -1.96. The number of furan rings is 1. The van der Waals surface area contributed by atoms with Gasteiger partial charge in [0.15, 0.2) is 11.5 Å². The third-order valence-corrected chi connectivity index (χ3v) is 6.40. The molecule has 27 heavy (non-hydrogen) atoms. The molecule has 1 atom stereocenters. The average molecular weight is 389 g/mol. The molecular formula is C20H23NO5S. The summed E-state index contributed by atoms with van der Waals surface area (Å²) in [5.41, 5.74) is 1.12. The van der Waals surface area contributed by atoms with Gasteiger partial charge in [-0.2, -0.15) is 0 Å². The number of likely N-dealkylation sites (tertiary alicyclic amines) is 1. The van der Waals surface area contributed by atoms with E-state index in [9.17, 15) is 9.00 Å². The van der Waals surface area contributed by atoms with Gasteiger partial charge in [-0.05, 0) is 31.2 Å². The van der Waals surface area contributed by atoms with Crippen LogP contribution in [0.25, 0.3) is 0 Å². The maximum Gasteiger partial charge on any atom is 0.289 e. The summed E-state index contributed by atoms with van der Waals surface area (Å²) in [6.07, 6.45) is 1.34. The van der Waals surface area contributed by atoms with Crippen LogP contribution < -0.4 is 0 Å². The summed E-state index contributed by atoms with van der Waals surface area (Å²) in [5.74, 6) is 0.440. The van der Waals surface area contributed by atoms with Gasteiger partial charge in [0, 0.05) is 30.8 Å². The number of aryl methyl sites for hydroxylation is 1. The maximum atomic E-state index is 12.7. The lowest BCUT2D eigenvalue weighted by Crippen LogP contribution is -2.47. The van der Waals surface area contributed by atoms with Gasteiger partial charge in [0.2, 0.25) is 0 Å². The number of ether oxygens (including phenoxy) is 2. The van der Waals surface area contributed by atoms with E-state index in [1.165, 1.54) is 0 Å². The normalized spacial score (nSPS) is 20.1. The average Bonchev–Trinajstić information content (AvgIpc) is 3.32. The molecule has 4 rings (SSSR count). The van der Waals surface area contributed by atoms with Gasteiger partial charge in [-0.15, -0.1) is 0 Å². The molecule has 0 N–H and O–H groups in total. The van der Waals surface area contributed by atoms with Crippen LogP contribution in [0.15, 0.2) is 45.7 Å². The number of nitrogens with zero attached hydrogens (tertiary/aromatic N) is 1. The Balaban J connectivity index is 1.36. The highest BCUT2D eigenvalue weighted by Gasteiger charge is 2.41. The molecule has 7 heteroatoms. The number of carbonyl (C=O) groups excluding carboxylic acids is 1. The molecule has 1 spiro atoms. The number of carbonyl (C=O) groups is 1. The number of hydrogen-bond donors (Lipinski definition) is 0. The first-order valence-electron chi connectivity index (χ1n) is 9.16. The number of hydrogen-bond acceptors (Lipinski definition) is 5. The van der Waals surface area contributed by atoms with Gasteiger partial charge in [0.25, 0.3) is 5.91 Å². The van der Waals surface area contributed by atoms with E-state index in [0.29, 0.717) is 44.9 Å². The Bertz CT molecular complexity index is 828. The Morgan fingerprint density at radius 3 is 2.41 bits per heavy atom. The number of amides is 1. The summed E-state index contributed by atoms with van der Waals surface area (Å²) in [4.78, 5) is 15.2. The minimum atomic E-state index is -1.20. The van der Waals surface area contributed by atoms with Crippen molar-refractivity contribution in [2.75, 3.05) is 26.3 Å². The van der Waals surface area contributed by atoms with Crippen LogP contribution in [0.4, 0.5) is 0 Å². The van der Waals surface area contributed by atoms with Gasteiger partial charge in [0.05, 0.1) is 29.8 Å². The molecule has 3 heterocycles. The molecule has 2 aromatic rings. The molecule has 2 fully saturated rings. The van der Waals surface area contributed by atoms with Crippen molar-refractivity contribution in [1.29, 1.82) is 0 Å². The Morgan fingerprint density at radius 1 is 1.07 bits per heavy atom. The first kappa shape index (κ1) is 18.4. The van der Waals surface area contributed by atoms with E-state index in [1.807, 2.05) is 31.2 Å². The lowest BCUT2D eigenvalue weighted by molar-refractivity contribution is -0.181. The smallest absolute Gasteiger partial charge is 0.289 e. The van der Waals surface area contributed by atoms with Crippen molar-refractivity contribution in [3.8, 4) is 0 Å². The number of rotatable bonds is 4. The van der Waals surface area contributed by atoms with Gasteiger partial charge >= 0.3 is 0 Å². The second-order valence-electron chi connectivity index (χ2n) is 6.97. The Morgan fingerprint density at radius 2 is 1.74 bits per heavy atom. The first-order valence-corrected chi connectivity index (χ1v) is 10.5. The largest absolute Gasteiger partial charge is 0.455 e. The van der Waals surface area contributed by atoms with E-state index >= 15 is 0 Å². The highest BCUT2D eigenvalue weighted by Crippen LogP contribution is 2.31. The summed E-state index contributed by atoms with van der Waals surface area (Å²) in [6.45, 7) is 4.38. The molecule has 1 amide bonds. The first-order chi connectivity index (χ1) is 13.0. The minimum Gasteiger partial charge on any atom is -0.455 e. The highest BCUT2D eigenvalue weighted by molar-refractivity contribution is 7.84. The summed E-state index contributed by atoms with van der Waals surface area (Å²) < 4.78 is 29.6. The van der Waals surface area contributed by atoms with Gasteiger partial charge in [0.1, 0.15) is 5.76 Å². The molecule has 2 aliphatic heterocycles. The van der Waals surface area contributed by atoms with E-state index in [4.69, 9.17) is 13.9 Å². The fourth-order valence-electron chi connectivity index (χ4n) is 3.47. The fraction of sp³-hybridized carbons (Fsp3) is 0.450. The molecule has 0 saturated carbocycles. The predicted molar refractivity (Wildman–Crippen MR) is 99.8 cm³/mol. The van der Waals surface area contributed by atoms with Crippen molar-refractivity contribution >= 4 is 16.7 Å². The van der Waals surface area contributed by atoms with Crippen LogP contribution in [-0.2, 0) is 26.0 Å². The van der Waals surface area contributed by atoms with E-state index in [1.54, 1.807) is 17.0 Å². The number of piperidine rings is 1. The van der Waals surface area contributed by atoms with Gasteiger partial charge < -0.3 is 18.8 Å². The van der Waals surface area contributed by atoms with Crippen molar-refractivity contribution in [2.45, 2.75) is 36.2 Å². The van der Waals surface area contributed by atoms with Crippen molar-refractivity contribution in [2.24, 2.45) is 0 Å². The standard InChI is InChI=1S/C20H23NO5S/c1-15-2-5-17(6-3-15)27(23)14-16-4-7-18(26-16)19(22)21-10-8-20(9-11-21)24-12-13-25-20/h2-7H,8-14H2,1H3/t27-/m1/s1. The Labute approximate surface area is 160 Å². The lowest BCUT2D eigenvalue weighted by atomic mass is 10.0. The van der Waals surface area contributed by atoms with Gasteiger partial charge in [-0.1, -0.05) is 17.7 Å². The van der Waals surface area contributed by atoms with Crippen LogP contribution in [0, 0.1) is 6.92 Å². The molecule has 2 saturated heterocycles. The third-order valence-electron chi connectivity index (χ3n) is 5.06. The van der Waals surface area contributed by atoms with Crippen LogP contribution >= 0.6 is 0 Å². The van der Waals surface area contributed by atoms with Crippen LogP contribution in [0.2, 0.25) is 0 Å². The van der Waals surface area contributed by atoms with Crippen molar-refractivity contribution in [3.63, 3.8) is 0 Å². The van der Waals surface area contributed by atoms with E-state index in [-0.39, 0.29) is 17.4 Å². The molecule has 0 unspecified atom stereocenters. The van der Waals surface area contributed by atoms with E-state index in [0.717, 1.165) is 10.5 Å². The molecule has 0 radical (unpaired) electrons. The number of benzene rings is 1. The van der Waals surface area contributed by atoms with Crippen LogP contribution in [0.5, 0.6) is 0 Å². The van der Waals surface area contributed by atoms with Crippen molar-refractivity contribution in [1.82, 2.24) is 4.90 Å². The highest BCUT2D eigenvalue weighted by atomic mass is 32.2. The van der Waals surface area contributed by atoms with Crippen LogP contribution in [-0.4, -0.2) is 47.1 Å². The quantitative estimate of drug-likeness (QED) is 0.804. The molecule has 0 bridgehead atoms. The zero-order valence-electron chi connectivity index (χ0n) is 15.3. The molecule has 1 aromatic carbocycles. The fourth-order valence-corrected chi connectivity index (χ4v) is 4.48. The monoisotopic (exact) mass is 389 g/mol. The van der Waals surface area contributed by atoms with Crippen LogP contribution in [0.3, 0.4) is 0 Å². The topological polar surface area (TPSA) is 69.0 Å².